The summed E-state index contributed by atoms with van der Waals surface area (Å²) in [4.78, 5) is 2.49. The van der Waals surface area contributed by atoms with Gasteiger partial charge in [0, 0.05) is 11.5 Å². The Morgan fingerprint density at radius 1 is 1.55 bits per heavy atom. The van der Waals surface area contributed by atoms with Gasteiger partial charge in [-0.3, -0.25) is 4.90 Å². The van der Waals surface area contributed by atoms with Crippen molar-refractivity contribution in [1.82, 2.24) is 4.90 Å². The zero-order chi connectivity index (χ0) is 7.90. The van der Waals surface area contributed by atoms with Crippen LogP contribution in [0.25, 0.3) is 0 Å². The number of hydrogen-bond acceptors (Lipinski definition) is 2. The number of nitrogens with zero attached hydrogens (tertiary/aromatic N) is 1. The van der Waals surface area contributed by atoms with Crippen molar-refractivity contribution in [1.29, 1.82) is 0 Å². The van der Waals surface area contributed by atoms with Crippen LogP contribution >= 0.6 is 0 Å². The fraction of sp³-hybridized carbons (Fsp3) is 1.00. The third-order valence-corrected chi connectivity index (χ3v) is 3.50. The molecule has 2 nitrogen and oxygen atoms in total. The van der Waals surface area contributed by atoms with Crippen molar-refractivity contribution in [3.8, 4) is 0 Å². The van der Waals surface area contributed by atoms with Crippen LogP contribution in [0.4, 0.5) is 0 Å². The summed E-state index contributed by atoms with van der Waals surface area (Å²) in [7, 11) is 2.23. The van der Waals surface area contributed by atoms with Crippen LogP contribution in [0.5, 0.6) is 0 Å². The minimum atomic E-state index is 0.417. The zero-order valence-electron chi connectivity index (χ0n) is 7.47. The highest BCUT2D eigenvalue weighted by Gasteiger charge is 2.46. The quantitative estimate of drug-likeness (QED) is 0.519. The van der Waals surface area contributed by atoms with Gasteiger partial charge in [0.05, 0.1) is 13.2 Å². The third kappa shape index (κ3) is 0.926. The molecule has 0 aromatic rings. The molecule has 64 valence electrons. The summed E-state index contributed by atoms with van der Waals surface area (Å²) in [5.41, 5.74) is 0.417. The Labute approximate surface area is 68.5 Å². The van der Waals surface area contributed by atoms with Crippen molar-refractivity contribution in [2.75, 3.05) is 26.8 Å². The first-order chi connectivity index (χ1) is 5.26. The molecule has 0 amide bonds. The van der Waals surface area contributed by atoms with Gasteiger partial charge in [-0.2, -0.15) is 0 Å². The van der Waals surface area contributed by atoms with Crippen LogP contribution in [0.1, 0.15) is 19.8 Å². The van der Waals surface area contributed by atoms with Gasteiger partial charge in [-0.15, -0.1) is 0 Å². The molecule has 2 heterocycles. The van der Waals surface area contributed by atoms with Gasteiger partial charge in [-0.05, 0) is 26.4 Å². The molecule has 1 spiro atoms. The Hall–Kier alpha value is -0.0800. The van der Waals surface area contributed by atoms with E-state index in [2.05, 4.69) is 18.9 Å². The van der Waals surface area contributed by atoms with Crippen molar-refractivity contribution in [3.05, 3.63) is 0 Å². The first-order valence-corrected chi connectivity index (χ1v) is 4.55. The lowest BCUT2D eigenvalue weighted by atomic mass is 9.86. The molecule has 0 radical (unpaired) electrons. The van der Waals surface area contributed by atoms with Crippen molar-refractivity contribution in [3.63, 3.8) is 0 Å². The molecule has 0 aromatic heterocycles. The first kappa shape index (κ1) is 7.56. The van der Waals surface area contributed by atoms with E-state index in [1.165, 1.54) is 19.4 Å². The van der Waals surface area contributed by atoms with Gasteiger partial charge < -0.3 is 4.74 Å². The molecule has 2 heteroatoms. The lowest BCUT2D eigenvalue weighted by Gasteiger charge is -2.34. The van der Waals surface area contributed by atoms with E-state index in [4.69, 9.17) is 4.74 Å². The lowest BCUT2D eigenvalue weighted by Crippen LogP contribution is -2.46. The predicted octanol–water partition coefficient (Wildman–Crippen LogP) is 1.12. The maximum Gasteiger partial charge on any atom is 0.0653 e. The SMILES string of the molecule is C[C@H]1COCC12CCCN2C. The standard InChI is InChI=1S/C9H17NO/c1-8-6-11-7-9(8)4-3-5-10(9)2/h8H,3-7H2,1-2H3/t8-,9?/m0/s1. The van der Waals surface area contributed by atoms with Gasteiger partial charge in [0.2, 0.25) is 0 Å². The van der Waals surface area contributed by atoms with Crippen molar-refractivity contribution >= 4 is 0 Å². The highest BCUT2D eigenvalue weighted by molar-refractivity contribution is 5.00. The summed E-state index contributed by atoms with van der Waals surface area (Å²) in [6.07, 6.45) is 2.69. The Morgan fingerprint density at radius 3 is 2.82 bits per heavy atom. The highest BCUT2D eigenvalue weighted by Crippen LogP contribution is 2.38. The molecule has 2 atom stereocenters. The topological polar surface area (TPSA) is 12.5 Å². The number of rotatable bonds is 0. The van der Waals surface area contributed by atoms with Gasteiger partial charge in [0.25, 0.3) is 0 Å². The van der Waals surface area contributed by atoms with E-state index in [-0.39, 0.29) is 0 Å². The van der Waals surface area contributed by atoms with Gasteiger partial charge in [-0.1, -0.05) is 6.92 Å². The average Bonchev–Trinajstić information content (AvgIpc) is 2.48. The van der Waals surface area contributed by atoms with Crippen molar-refractivity contribution in [2.45, 2.75) is 25.3 Å². The maximum atomic E-state index is 5.52. The average molecular weight is 155 g/mol. The molecule has 0 saturated carbocycles. The van der Waals surface area contributed by atoms with E-state index in [1.54, 1.807) is 0 Å². The number of ether oxygens (including phenoxy) is 1. The Balaban J connectivity index is 2.19. The summed E-state index contributed by atoms with van der Waals surface area (Å²) >= 11 is 0. The van der Waals surface area contributed by atoms with Crippen LogP contribution in [0, 0.1) is 5.92 Å². The summed E-state index contributed by atoms with van der Waals surface area (Å²) < 4.78 is 5.52. The smallest absolute Gasteiger partial charge is 0.0653 e. The van der Waals surface area contributed by atoms with Crippen LogP contribution in [-0.2, 0) is 4.74 Å². The van der Waals surface area contributed by atoms with Gasteiger partial charge in [0.15, 0.2) is 0 Å². The molecule has 0 aliphatic carbocycles. The third-order valence-electron chi connectivity index (χ3n) is 3.50. The molecule has 2 saturated heterocycles. The Morgan fingerprint density at radius 2 is 2.36 bits per heavy atom. The highest BCUT2D eigenvalue weighted by atomic mass is 16.5. The summed E-state index contributed by atoms with van der Waals surface area (Å²) in [5.74, 6) is 0.731. The summed E-state index contributed by atoms with van der Waals surface area (Å²) in [5, 5.41) is 0. The van der Waals surface area contributed by atoms with Gasteiger partial charge in [0.1, 0.15) is 0 Å². The summed E-state index contributed by atoms with van der Waals surface area (Å²) in [6.45, 7) is 5.50. The van der Waals surface area contributed by atoms with E-state index in [0.717, 1.165) is 19.1 Å². The Kier molecular flexibility index (Phi) is 1.69. The van der Waals surface area contributed by atoms with Crippen LogP contribution in [0.2, 0.25) is 0 Å². The zero-order valence-corrected chi connectivity index (χ0v) is 7.47. The molecule has 2 aliphatic heterocycles. The van der Waals surface area contributed by atoms with Crippen molar-refractivity contribution in [2.24, 2.45) is 5.92 Å². The molecule has 11 heavy (non-hydrogen) atoms. The molecule has 2 rings (SSSR count). The van der Waals surface area contributed by atoms with Crippen molar-refractivity contribution < 1.29 is 4.74 Å². The second-order valence-electron chi connectivity index (χ2n) is 4.04. The largest absolute Gasteiger partial charge is 0.379 e. The molecular formula is C9H17NO. The normalized spacial score (nSPS) is 45.8. The summed E-state index contributed by atoms with van der Waals surface area (Å²) in [6, 6.07) is 0. The second kappa shape index (κ2) is 2.46. The van der Waals surface area contributed by atoms with E-state index in [1.807, 2.05) is 0 Å². The molecule has 0 aromatic carbocycles. The molecule has 1 unspecified atom stereocenters. The second-order valence-corrected chi connectivity index (χ2v) is 4.04. The van der Waals surface area contributed by atoms with E-state index < -0.39 is 0 Å². The monoisotopic (exact) mass is 155 g/mol. The van der Waals surface area contributed by atoms with Crippen LogP contribution < -0.4 is 0 Å². The number of hydrogen-bond donors (Lipinski definition) is 0. The maximum absolute atomic E-state index is 5.52. The van der Waals surface area contributed by atoms with E-state index in [0.29, 0.717) is 5.54 Å². The number of likely N-dealkylation sites (tertiary alicyclic amines) is 1. The molecule has 2 fully saturated rings. The van der Waals surface area contributed by atoms with Crippen LogP contribution in [0.15, 0.2) is 0 Å². The first-order valence-electron chi connectivity index (χ1n) is 4.55. The fourth-order valence-electron chi connectivity index (χ4n) is 2.55. The fourth-order valence-corrected chi connectivity index (χ4v) is 2.55. The van der Waals surface area contributed by atoms with Gasteiger partial charge >= 0.3 is 0 Å². The van der Waals surface area contributed by atoms with E-state index in [9.17, 15) is 0 Å². The lowest BCUT2D eigenvalue weighted by molar-refractivity contribution is 0.112. The van der Waals surface area contributed by atoms with Gasteiger partial charge in [-0.25, -0.2) is 0 Å². The molecule has 0 bridgehead atoms. The minimum absolute atomic E-state index is 0.417. The molecule has 2 aliphatic rings. The molecular weight excluding hydrogens is 138 g/mol. The molecule has 0 N–H and O–H groups in total. The predicted molar refractivity (Wildman–Crippen MR) is 44.6 cm³/mol. The Bertz CT molecular complexity index is 140. The van der Waals surface area contributed by atoms with Crippen LogP contribution in [-0.4, -0.2) is 37.2 Å². The number of likely N-dealkylation sites (N-methyl/N-ethyl adjacent to an activating group) is 1. The van der Waals surface area contributed by atoms with E-state index >= 15 is 0 Å². The minimum Gasteiger partial charge on any atom is -0.379 e. The van der Waals surface area contributed by atoms with Crippen LogP contribution in [0.3, 0.4) is 0 Å².